The molecular weight excluding hydrogens is 299 g/mol. The van der Waals surface area contributed by atoms with Gasteiger partial charge < -0.3 is 0 Å². The predicted molar refractivity (Wildman–Crippen MR) is 78.4 cm³/mol. The first-order valence-electron chi connectivity index (χ1n) is 5.92. The number of rotatable bonds is 2. The van der Waals surface area contributed by atoms with Gasteiger partial charge in [-0.1, -0.05) is 29.8 Å². The van der Waals surface area contributed by atoms with Gasteiger partial charge in [-0.15, -0.1) is 0 Å². The summed E-state index contributed by atoms with van der Waals surface area (Å²) in [6.45, 7) is 0.159. The Morgan fingerprint density at radius 1 is 1.25 bits per heavy atom. The van der Waals surface area contributed by atoms with Crippen LogP contribution in [0.15, 0.2) is 47.4 Å². The van der Waals surface area contributed by atoms with E-state index in [-0.39, 0.29) is 12.6 Å². The van der Waals surface area contributed by atoms with Crippen molar-refractivity contribution in [2.24, 2.45) is 0 Å². The minimum absolute atomic E-state index is 0.159. The van der Waals surface area contributed by atoms with Crippen LogP contribution in [0.5, 0.6) is 0 Å². The van der Waals surface area contributed by atoms with Crippen molar-refractivity contribution < 1.29 is 9.18 Å². The minimum atomic E-state index is -0.416. The fourth-order valence-electron chi connectivity index (χ4n) is 2.01. The number of nitrogens with one attached hydrogen (secondary N) is 1. The average molecular weight is 309 g/mol. The van der Waals surface area contributed by atoms with Crippen LogP contribution in [0.3, 0.4) is 0 Å². The maximum atomic E-state index is 13.9. The molecule has 0 saturated heterocycles. The molecule has 2 amide bonds. The van der Waals surface area contributed by atoms with Gasteiger partial charge in [0, 0.05) is 10.6 Å². The highest BCUT2D eigenvalue weighted by Gasteiger charge is 2.25. The summed E-state index contributed by atoms with van der Waals surface area (Å²) in [5, 5.41) is 0.338. The molecule has 0 aliphatic carbocycles. The maximum Gasteiger partial charge on any atom is 0.332 e. The number of amides is 2. The lowest BCUT2D eigenvalue weighted by atomic mass is 10.2. The zero-order chi connectivity index (χ0) is 14.1. The monoisotopic (exact) mass is 308 g/mol. The summed E-state index contributed by atoms with van der Waals surface area (Å²) in [6.07, 6.45) is 0. The Balaban J connectivity index is 1.95. The van der Waals surface area contributed by atoms with Crippen LogP contribution >= 0.6 is 23.5 Å². The van der Waals surface area contributed by atoms with E-state index in [9.17, 15) is 9.18 Å². The van der Waals surface area contributed by atoms with Crippen LogP contribution in [-0.2, 0) is 6.54 Å². The van der Waals surface area contributed by atoms with E-state index in [1.807, 2.05) is 24.3 Å². The fourth-order valence-corrected chi connectivity index (χ4v) is 2.90. The highest BCUT2D eigenvalue weighted by molar-refractivity contribution is 7.98. The number of para-hydroxylation sites is 1. The van der Waals surface area contributed by atoms with Gasteiger partial charge in [-0.2, -0.15) is 0 Å². The maximum absolute atomic E-state index is 13.9. The van der Waals surface area contributed by atoms with E-state index in [0.717, 1.165) is 10.6 Å². The van der Waals surface area contributed by atoms with Crippen molar-refractivity contribution >= 4 is 35.3 Å². The Morgan fingerprint density at radius 2 is 2.05 bits per heavy atom. The van der Waals surface area contributed by atoms with E-state index in [2.05, 4.69) is 4.72 Å². The van der Waals surface area contributed by atoms with Crippen molar-refractivity contribution in [2.75, 3.05) is 4.90 Å². The molecule has 20 heavy (non-hydrogen) atoms. The molecule has 0 aromatic heterocycles. The molecule has 2 aromatic rings. The molecule has 1 aliphatic heterocycles. The van der Waals surface area contributed by atoms with E-state index in [1.165, 1.54) is 22.9 Å². The van der Waals surface area contributed by atoms with E-state index < -0.39 is 5.82 Å². The summed E-state index contributed by atoms with van der Waals surface area (Å²) in [5.41, 5.74) is 1.20. The van der Waals surface area contributed by atoms with Gasteiger partial charge >= 0.3 is 6.03 Å². The number of benzene rings is 2. The first-order valence-corrected chi connectivity index (χ1v) is 7.12. The molecule has 0 spiro atoms. The number of hydrogen-bond donors (Lipinski definition) is 1. The molecule has 1 N–H and O–H groups in total. The summed E-state index contributed by atoms with van der Waals surface area (Å²) in [5.74, 6) is -0.416. The topological polar surface area (TPSA) is 32.3 Å². The Bertz CT molecular complexity index is 680. The number of fused-ring (bicyclic) bond motifs is 1. The Hall–Kier alpha value is -1.72. The van der Waals surface area contributed by atoms with Crippen molar-refractivity contribution in [3.63, 3.8) is 0 Å². The van der Waals surface area contributed by atoms with Crippen LogP contribution < -0.4 is 9.62 Å². The van der Waals surface area contributed by atoms with Crippen LogP contribution in [0.2, 0.25) is 5.02 Å². The van der Waals surface area contributed by atoms with Crippen molar-refractivity contribution in [3.05, 3.63) is 58.9 Å². The summed E-state index contributed by atoms with van der Waals surface area (Å²) >= 11 is 6.99. The smallest absolute Gasteiger partial charge is 0.288 e. The summed E-state index contributed by atoms with van der Waals surface area (Å²) < 4.78 is 16.6. The van der Waals surface area contributed by atoms with Crippen LogP contribution in [0, 0.1) is 5.82 Å². The largest absolute Gasteiger partial charge is 0.332 e. The third-order valence-corrected chi connectivity index (χ3v) is 4.07. The quantitative estimate of drug-likeness (QED) is 0.843. The lowest BCUT2D eigenvalue weighted by Gasteiger charge is -2.29. The molecule has 0 saturated carbocycles. The Kier molecular flexibility index (Phi) is 3.54. The third-order valence-electron chi connectivity index (χ3n) is 2.99. The molecule has 0 bridgehead atoms. The standard InChI is InChI=1S/C14H10ClFN2OS/c15-10-6-5-9(11(16)7-10)8-18-12-3-1-2-4-13(12)20-17-14(18)19/h1-7H,8H2,(H,17,19). The highest BCUT2D eigenvalue weighted by atomic mass is 35.5. The minimum Gasteiger partial charge on any atom is -0.288 e. The van der Waals surface area contributed by atoms with E-state index in [1.54, 1.807) is 12.1 Å². The van der Waals surface area contributed by atoms with Gasteiger partial charge in [0.2, 0.25) is 0 Å². The SMILES string of the molecule is O=C1NSc2ccccc2N1Cc1ccc(Cl)cc1F. The molecular formula is C14H10ClFN2OS. The van der Waals surface area contributed by atoms with Crippen molar-refractivity contribution in [3.8, 4) is 0 Å². The zero-order valence-corrected chi connectivity index (χ0v) is 11.8. The summed E-state index contributed by atoms with van der Waals surface area (Å²) in [7, 11) is 0. The average Bonchev–Trinajstić information content (AvgIpc) is 2.44. The van der Waals surface area contributed by atoms with E-state index in [0.29, 0.717) is 10.6 Å². The number of anilines is 1. The summed E-state index contributed by atoms with van der Waals surface area (Å²) in [4.78, 5) is 14.4. The second-order valence-corrected chi connectivity index (χ2v) is 5.58. The highest BCUT2D eigenvalue weighted by Crippen LogP contribution is 2.33. The molecule has 0 unspecified atom stereocenters. The van der Waals surface area contributed by atoms with Gasteiger partial charge in [-0.25, -0.2) is 9.18 Å². The molecule has 102 valence electrons. The predicted octanol–water partition coefficient (Wildman–Crippen LogP) is 4.22. The number of halogens is 2. The number of carbonyl (C=O) groups excluding carboxylic acids is 1. The molecule has 2 aromatic carbocycles. The van der Waals surface area contributed by atoms with Crippen LogP contribution in [-0.4, -0.2) is 6.03 Å². The molecule has 1 aliphatic rings. The van der Waals surface area contributed by atoms with Gasteiger partial charge in [-0.3, -0.25) is 9.62 Å². The molecule has 3 rings (SSSR count). The molecule has 3 nitrogen and oxygen atoms in total. The molecule has 0 fully saturated rings. The summed E-state index contributed by atoms with van der Waals surface area (Å²) in [6, 6.07) is 11.7. The van der Waals surface area contributed by atoms with Gasteiger partial charge in [0.15, 0.2) is 0 Å². The van der Waals surface area contributed by atoms with Crippen molar-refractivity contribution in [2.45, 2.75) is 11.4 Å². The molecule has 0 atom stereocenters. The first kappa shape index (κ1) is 13.3. The fraction of sp³-hybridized carbons (Fsp3) is 0.0714. The number of carbonyl (C=O) groups is 1. The van der Waals surface area contributed by atoms with Crippen molar-refractivity contribution in [1.29, 1.82) is 0 Å². The lowest BCUT2D eigenvalue weighted by Crippen LogP contribution is -2.39. The number of hydrogen-bond acceptors (Lipinski definition) is 2. The number of nitrogens with zero attached hydrogens (tertiary/aromatic N) is 1. The number of urea groups is 1. The Morgan fingerprint density at radius 3 is 2.85 bits per heavy atom. The molecule has 1 heterocycles. The van der Waals surface area contributed by atoms with Crippen LogP contribution in [0.25, 0.3) is 0 Å². The lowest BCUT2D eigenvalue weighted by molar-refractivity contribution is 0.251. The van der Waals surface area contributed by atoms with Gasteiger partial charge in [0.25, 0.3) is 0 Å². The van der Waals surface area contributed by atoms with Crippen LogP contribution in [0.1, 0.15) is 5.56 Å². The first-order chi connectivity index (χ1) is 9.65. The van der Waals surface area contributed by atoms with Crippen molar-refractivity contribution in [1.82, 2.24) is 4.72 Å². The van der Waals surface area contributed by atoms with Gasteiger partial charge in [0.1, 0.15) is 5.82 Å². The molecule has 6 heteroatoms. The van der Waals surface area contributed by atoms with E-state index in [4.69, 9.17) is 11.6 Å². The Labute approximate surface area is 124 Å². The van der Waals surface area contributed by atoms with Gasteiger partial charge in [-0.05, 0) is 36.2 Å². The second-order valence-electron chi connectivity index (χ2n) is 4.30. The second kappa shape index (κ2) is 5.34. The molecule has 0 radical (unpaired) electrons. The van der Waals surface area contributed by atoms with Gasteiger partial charge in [0.05, 0.1) is 17.1 Å². The third kappa shape index (κ3) is 2.46. The normalized spacial score (nSPS) is 13.9. The zero-order valence-electron chi connectivity index (χ0n) is 10.3. The van der Waals surface area contributed by atoms with E-state index >= 15 is 0 Å². The van der Waals surface area contributed by atoms with Crippen LogP contribution in [0.4, 0.5) is 14.9 Å².